The number of hydrogen-bond donors (Lipinski definition) is 2. The van der Waals surface area contributed by atoms with Gasteiger partial charge in [0.15, 0.2) is 0 Å². The smallest absolute Gasteiger partial charge is 0.340 e. The molecule has 0 saturated heterocycles. The molecule has 1 aliphatic rings. The van der Waals surface area contributed by atoms with Gasteiger partial charge in [-0.05, 0) is 44.0 Å². The number of rotatable bonds is 17. The number of aromatic amines is 2. The quantitative estimate of drug-likeness (QED) is 0.167. The molecule has 2 aromatic heterocycles. The largest absolute Gasteiger partial charge is 0.494 e. The van der Waals surface area contributed by atoms with Crippen molar-refractivity contribution in [3.63, 3.8) is 0 Å². The topological polar surface area (TPSA) is 79.5 Å². The molecule has 2 N–H and O–H groups in total. The first-order valence-electron chi connectivity index (χ1n) is 14.1. The monoisotopic (exact) mass is 507 g/mol. The minimum atomic E-state index is -0.261. The van der Waals surface area contributed by atoms with Gasteiger partial charge in [-0.3, -0.25) is 0 Å². The third-order valence-electron chi connectivity index (χ3n) is 7.05. The lowest BCUT2D eigenvalue weighted by atomic mass is 10.1. The predicted molar refractivity (Wildman–Crippen MR) is 152 cm³/mol. The summed E-state index contributed by atoms with van der Waals surface area (Å²) in [6.07, 6.45) is 21.2. The van der Waals surface area contributed by atoms with Crippen LogP contribution in [0.1, 0.15) is 117 Å². The first-order chi connectivity index (χ1) is 18.0. The van der Waals surface area contributed by atoms with Crippen LogP contribution in [0.4, 0.5) is 0 Å². The Balaban J connectivity index is 1.42. The molecule has 0 unspecified atom stereocenters. The zero-order chi connectivity index (χ0) is 26.5. The van der Waals surface area contributed by atoms with Crippen molar-refractivity contribution in [3.8, 4) is 0 Å². The van der Waals surface area contributed by atoms with Gasteiger partial charge in [-0.15, -0.1) is 0 Å². The summed E-state index contributed by atoms with van der Waals surface area (Å²) in [6.45, 7) is 6.58. The summed E-state index contributed by atoms with van der Waals surface area (Å²) >= 11 is 0. The van der Waals surface area contributed by atoms with E-state index >= 15 is 0 Å². The van der Waals surface area contributed by atoms with Gasteiger partial charge in [-0.2, -0.15) is 0 Å². The van der Waals surface area contributed by atoms with E-state index in [0.717, 1.165) is 41.2 Å². The molecule has 0 atom stereocenters. The Morgan fingerprint density at radius 3 is 2.22 bits per heavy atom. The van der Waals surface area contributed by atoms with E-state index < -0.39 is 0 Å². The number of allylic oxidation sites excluding steroid dienone is 1. The van der Waals surface area contributed by atoms with Crippen molar-refractivity contribution < 1.29 is 14.3 Å². The molecule has 6 heteroatoms. The molecular formula is C31H45N3O3. The molecule has 1 aliphatic heterocycles. The van der Waals surface area contributed by atoms with Gasteiger partial charge in [0.05, 0.1) is 30.7 Å². The van der Waals surface area contributed by atoms with Gasteiger partial charge >= 0.3 is 5.97 Å². The molecule has 37 heavy (non-hydrogen) atoms. The van der Waals surface area contributed by atoms with Crippen LogP contribution in [0.2, 0.25) is 0 Å². The number of hydrogen-bond acceptors (Lipinski definition) is 4. The van der Waals surface area contributed by atoms with E-state index in [1.54, 1.807) is 7.11 Å². The molecule has 0 spiro atoms. The molecular weight excluding hydrogens is 462 g/mol. The van der Waals surface area contributed by atoms with Gasteiger partial charge in [0, 0.05) is 23.7 Å². The van der Waals surface area contributed by atoms with Crippen LogP contribution in [0.3, 0.4) is 0 Å². The third kappa shape index (κ3) is 8.51. The van der Waals surface area contributed by atoms with Crippen molar-refractivity contribution in [2.45, 2.75) is 97.8 Å². The third-order valence-corrected chi connectivity index (χ3v) is 7.05. The summed E-state index contributed by atoms with van der Waals surface area (Å²) in [5.41, 5.74) is 5.58. The van der Waals surface area contributed by atoms with Crippen LogP contribution in [0.15, 0.2) is 40.9 Å². The van der Waals surface area contributed by atoms with Crippen molar-refractivity contribution in [2.75, 3.05) is 13.7 Å². The Bertz CT molecular complexity index is 1070. The van der Waals surface area contributed by atoms with Crippen molar-refractivity contribution in [2.24, 2.45) is 4.99 Å². The van der Waals surface area contributed by atoms with Gasteiger partial charge < -0.3 is 19.4 Å². The number of nitrogens with one attached hydrogen (secondary N) is 2. The molecule has 202 valence electrons. The molecule has 0 aromatic carbocycles. The highest BCUT2D eigenvalue weighted by Gasteiger charge is 2.21. The van der Waals surface area contributed by atoms with Crippen LogP contribution in [-0.4, -0.2) is 35.4 Å². The van der Waals surface area contributed by atoms with Crippen LogP contribution in [0.25, 0.3) is 6.08 Å². The first-order valence-corrected chi connectivity index (χ1v) is 14.1. The molecule has 6 nitrogen and oxygen atoms in total. The van der Waals surface area contributed by atoms with E-state index in [1.807, 2.05) is 44.3 Å². The number of H-pyrrole nitrogens is 2. The van der Waals surface area contributed by atoms with Crippen molar-refractivity contribution in [1.82, 2.24) is 9.97 Å². The summed E-state index contributed by atoms with van der Waals surface area (Å²) in [7, 11) is 1.64. The second-order valence-corrected chi connectivity index (χ2v) is 10.0. The number of unbranched alkanes of at least 4 members (excludes halogenated alkanes) is 11. The normalized spacial score (nSPS) is 14.2. The van der Waals surface area contributed by atoms with Crippen LogP contribution in [0.5, 0.6) is 0 Å². The molecule has 3 heterocycles. The fraction of sp³-hybridized carbons (Fsp3) is 0.548. The van der Waals surface area contributed by atoms with E-state index in [4.69, 9.17) is 14.5 Å². The number of nitrogens with zero attached hydrogens (tertiary/aromatic N) is 1. The van der Waals surface area contributed by atoms with Gasteiger partial charge in [0.2, 0.25) is 0 Å². The zero-order valence-corrected chi connectivity index (χ0v) is 23.3. The van der Waals surface area contributed by atoms with Gasteiger partial charge in [-0.1, -0.05) is 77.6 Å². The van der Waals surface area contributed by atoms with Crippen molar-refractivity contribution >= 4 is 17.8 Å². The summed E-state index contributed by atoms with van der Waals surface area (Å²) in [5, 5.41) is 0. The van der Waals surface area contributed by atoms with Gasteiger partial charge in [-0.25, -0.2) is 9.79 Å². The van der Waals surface area contributed by atoms with Crippen molar-refractivity contribution in [3.05, 3.63) is 64.1 Å². The average molecular weight is 508 g/mol. The predicted octanol–water partition coefficient (Wildman–Crippen LogP) is 8.19. The van der Waals surface area contributed by atoms with Crippen LogP contribution in [-0.2, 0) is 9.47 Å². The van der Waals surface area contributed by atoms with E-state index in [-0.39, 0.29) is 5.97 Å². The number of carbonyl (C=O) groups excluding carboxylic acids is 1. The Labute approximate surface area is 222 Å². The molecule has 0 saturated carbocycles. The van der Waals surface area contributed by atoms with E-state index in [1.165, 1.54) is 64.2 Å². The lowest BCUT2D eigenvalue weighted by Gasteiger charge is -2.06. The molecule has 0 amide bonds. The Hall–Kier alpha value is -3.02. The van der Waals surface area contributed by atoms with E-state index in [0.29, 0.717) is 23.6 Å². The van der Waals surface area contributed by atoms with Gasteiger partial charge in [0.1, 0.15) is 11.5 Å². The van der Waals surface area contributed by atoms with Crippen molar-refractivity contribution in [1.29, 1.82) is 0 Å². The van der Waals surface area contributed by atoms with Crippen LogP contribution in [0, 0.1) is 13.8 Å². The summed E-state index contributed by atoms with van der Waals surface area (Å²) in [4.78, 5) is 24.0. The molecule has 0 aliphatic carbocycles. The van der Waals surface area contributed by atoms with E-state index in [9.17, 15) is 4.79 Å². The number of aromatic nitrogens is 2. The second-order valence-electron chi connectivity index (χ2n) is 10.0. The Kier molecular flexibility index (Phi) is 11.8. The number of esters is 1. The summed E-state index contributed by atoms with van der Waals surface area (Å²) in [5.74, 6) is 0.427. The maximum Gasteiger partial charge on any atom is 0.340 e. The maximum absolute atomic E-state index is 12.8. The molecule has 0 bridgehead atoms. The fourth-order valence-electron chi connectivity index (χ4n) is 4.85. The Morgan fingerprint density at radius 2 is 1.62 bits per heavy atom. The second kappa shape index (κ2) is 15.3. The van der Waals surface area contributed by atoms with Crippen LogP contribution < -0.4 is 0 Å². The number of carbonyl (C=O) groups is 1. The number of aliphatic imine (C=N–C) groups is 1. The highest BCUT2D eigenvalue weighted by atomic mass is 16.5. The standard InChI is InChI=1S/C31H45N3O3/c1-5-6-7-8-9-10-11-12-13-14-15-16-20-37-31(35)30-23(2)26(33-24(30)3)21-28-29(36-4)22-27(34-28)25-18-17-19-32-25/h17-19,21-22,32-33H,5-16,20H2,1-4H3/b28-21-. The minimum Gasteiger partial charge on any atom is -0.494 e. The van der Waals surface area contributed by atoms with E-state index in [2.05, 4.69) is 16.9 Å². The summed E-state index contributed by atoms with van der Waals surface area (Å²) in [6, 6.07) is 3.91. The average Bonchev–Trinajstić information content (AvgIpc) is 3.62. The lowest BCUT2D eigenvalue weighted by Crippen LogP contribution is -2.08. The molecule has 0 radical (unpaired) electrons. The highest BCUT2D eigenvalue weighted by molar-refractivity contribution is 6.11. The zero-order valence-electron chi connectivity index (χ0n) is 23.3. The molecule has 0 fully saturated rings. The number of methoxy groups -OCH3 is 1. The highest BCUT2D eigenvalue weighted by Crippen LogP contribution is 2.27. The van der Waals surface area contributed by atoms with Crippen LogP contribution >= 0.6 is 0 Å². The summed E-state index contributed by atoms with van der Waals surface area (Å²) < 4.78 is 11.2. The van der Waals surface area contributed by atoms with Gasteiger partial charge in [0.25, 0.3) is 0 Å². The SMILES string of the molecule is CCCCCCCCCCCCCCOC(=O)c1c(C)[nH]c(/C=C2\N=C(c3ccc[nH]3)C=C2OC)c1C. The first kappa shape index (κ1) is 28.5. The lowest BCUT2D eigenvalue weighted by molar-refractivity contribution is 0.0496. The molecule has 2 aromatic rings. The number of ether oxygens (including phenoxy) is 2. The Morgan fingerprint density at radius 1 is 0.973 bits per heavy atom. The fourth-order valence-corrected chi connectivity index (χ4v) is 4.85. The number of aryl methyl sites for hydroxylation is 1. The maximum atomic E-state index is 12.8. The minimum absolute atomic E-state index is 0.261. The molecule has 3 rings (SSSR count).